The third-order valence-corrected chi connectivity index (χ3v) is 1.79. The lowest BCUT2D eigenvalue weighted by Crippen LogP contribution is -2.00. The summed E-state index contributed by atoms with van der Waals surface area (Å²) in [5.74, 6) is 0.578. The topological polar surface area (TPSA) is 61.5 Å². The van der Waals surface area contributed by atoms with E-state index in [9.17, 15) is 4.79 Å². The van der Waals surface area contributed by atoms with Gasteiger partial charge in [-0.15, -0.1) is 0 Å². The number of aryl methyl sites for hydroxylation is 1. The molecule has 1 aromatic heterocycles. The van der Waals surface area contributed by atoms with E-state index in [4.69, 9.17) is 0 Å². The molecule has 0 amide bonds. The number of aromatic nitrogens is 3. The SMILES string of the molecule is Cc1cccc(-c2n[nH]c(=O)[nH]2)c1. The zero-order valence-electron chi connectivity index (χ0n) is 7.16. The quantitative estimate of drug-likeness (QED) is 0.681. The zero-order valence-corrected chi connectivity index (χ0v) is 7.16. The second kappa shape index (κ2) is 2.90. The maximum absolute atomic E-state index is 10.8. The Morgan fingerprint density at radius 3 is 2.85 bits per heavy atom. The van der Waals surface area contributed by atoms with Gasteiger partial charge in [0.25, 0.3) is 0 Å². The normalized spacial score (nSPS) is 10.2. The van der Waals surface area contributed by atoms with Crippen molar-refractivity contribution in [1.82, 2.24) is 15.2 Å². The minimum atomic E-state index is -0.281. The summed E-state index contributed by atoms with van der Waals surface area (Å²) in [4.78, 5) is 13.4. The van der Waals surface area contributed by atoms with Crippen molar-refractivity contribution in [2.45, 2.75) is 6.92 Å². The minimum Gasteiger partial charge on any atom is -0.289 e. The third kappa shape index (κ3) is 1.51. The molecule has 0 unspecified atom stereocenters. The van der Waals surface area contributed by atoms with Crippen LogP contribution in [0.1, 0.15) is 5.56 Å². The summed E-state index contributed by atoms with van der Waals surface area (Å²) in [6, 6.07) is 7.79. The third-order valence-electron chi connectivity index (χ3n) is 1.79. The standard InChI is InChI=1S/C9H9N3O/c1-6-3-2-4-7(5-6)8-10-9(13)12-11-8/h2-5H,1H3,(H2,10,11,12,13). The van der Waals surface area contributed by atoms with Crippen LogP contribution in [0.2, 0.25) is 0 Å². The number of hydrogen-bond acceptors (Lipinski definition) is 2. The first kappa shape index (κ1) is 7.79. The fraction of sp³-hybridized carbons (Fsp3) is 0.111. The molecule has 13 heavy (non-hydrogen) atoms. The molecule has 0 fully saturated rings. The average Bonchev–Trinajstić information content (AvgIpc) is 2.52. The second-order valence-corrected chi connectivity index (χ2v) is 2.90. The van der Waals surface area contributed by atoms with Crippen LogP contribution in [0.3, 0.4) is 0 Å². The van der Waals surface area contributed by atoms with Gasteiger partial charge in [0, 0.05) is 5.56 Å². The van der Waals surface area contributed by atoms with Crippen LogP contribution >= 0.6 is 0 Å². The molecule has 0 aliphatic carbocycles. The molecule has 0 saturated heterocycles. The van der Waals surface area contributed by atoms with E-state index in [1.54, 1.807) is 0 Å². The molecular weight excluding hydrogens is 166 g/mol. The highest BCUT2D eigenvalue weighted by Crippen LogP contribution is 2.13. The van der Waals surface area contributed by atoms with E-state index in [2.05, 4.69) is 15.2 Å². The highest BCUT2D eigenvalue weighted by atomic mass is 16.1. The molecule has 0 radical (unpaired) electrons. The van der Waals surface area contributed by atoms with Gasteiger partial charge in [-0.05, 0) is 13.0 Å². The van der Waals surface area contributed by atoms with Gasteiger partial charge < -0.3 is 0 Å². The van der Waals surface area contributed by atoms with Gasteiger partial charge in [0.05, 0.1) is 0 Å². The van der Waals surface area contributed by atoms with Crippen LogP contribution < -0.4 is 5.69 Å². The largest absolute Gasteiger partial charge is 0.340 e. The lowest BCUT2D eigenvalue weighted by Gasteiger charge is -1.95. The molecule has 0 atom stereocenters. The van der Waals surface area contributed by atoms with Crippen molar-refractivity contribution in [3.05, 3.63) is 40.3 Å². The van der Waals surface area contributed by atoms with Crippen LogP contribution in [0.15, 0.2) is 29.1 Å². The van der Waals surface area contributed by atoms with Crippen LogP contribution in [0, 0.1) is 6.92 Å². The van der Waals surface area contributed by atoms with Gasteiger partial charge in [0.15, 0.2) is 5.82 Å². The maximum atomic E-state index is 10.8. The zero-order chi connectivity index (χ0) is 9.26. The Kier molecular flexibility index (Phi) is 1.73. The average molecular weight is 175 g/mol. The Morgan fingerprint density at radius 1 is 1.38 bits per heavy atom. The second-order valence-electron chi connectivity index (χ2n) is 2.90. The van der Waals surface area contributed by atoms with Crippen LogP contribution in [-0.2, 0) is 0 Å². The Bertz CT molecular complexity index is 469. The smallest absolute Gasteiger partial charge is 0.289 e. The number of nitrogens with one attached hydrogen (secondary N) is 2. The van der Waals surface area contributed by atoms with Crippen LogP contribution in [-0.4, -0.2) is 15.2 Å². The Hall–Kier alpha value is -1.84. The van der Waals surface area contributed by atoms with Crippen LogP contribution in [0.25, 0.3) is 11.4 Å². The first-order valence-corrected chi connectivity index (χ1v) is 3.97. The molecule has 0 aliphatic rings. The molecule has 1 heterocycles. The van der Waals surface area contributed by atoms with Gasteiger partial charge in [0.1, 0.15) is 0 Å². The number of aromatic amines is 2. The fourth-order valence-electron chi connectivity index (χ4n) is 1.20. The first-order valence-electron chi connectivity index (χ1n) is 3.97. The van der Waals surface area contributed by atoms with E-state index in [0.717, 1.165) is 11.1 Å². The summed E-state index contributed by atoms with van der Waals surface area (Å²) in [6.45, 7) is 1.99. The summed E-state index contributed by atoms with van der Waals surface area (Å²) in [5.41, 5.74) is 1.77. The van der Waals surface area contributed by atoms with E-state index in [0.29, 0.717) is 5.82 Å². The Labute approximate surface area is 74.6 Å². The van der Waals surface area contributed by atoms with E-state index in [1.807, 2.05) is 31.2 Å². The summed E-state index contributed by atoms with van der Waals surface area (Å²) in [6.07, 6.45) is 0. The predicted octanol–water partition coefficient (Wildman–Crippen LogP) is 1.07. The molecule has 66 valence electrons. The van der Waals surface area contributed by atoms with Crippen molar-refractivity contribution in [2.75, 3.05) is 0 Å². The molecule has 0 aliphatic heterocycles. The number of H-pyrrole nitrogens is 2. The molecule has 2 aromatic rings. The molecule has 2 rings (SSSR count). The van der Waals surface area contributed by atoms with Gasteiger partial charge >= 0.3 is 5.69 Å². The number of hydrogen-bond donors (Lipinski definition) is 2. The van der Waals surface area contributed by atoms with Crippen molar-refractivity contribution >= 4 is 0 Å². The van der Waals surface area contributed by atoms with E-state index >= 15 is 0 Å². The molecule has 0 saturated carbocycles. The molecule has 0 spiro atoms. The van der Waals surface area contributed by atoms with Gasteiger partial charge in [-0.1, -0.05) is 23.8 Å². The van der Waals surface area contributed by atoms with E-state index in [-0.39, 0.29) is 5.69 Å². The lowest BCUT2D eigenvalue weighted by molar-refractivity contribution is 1.05. The molecule has 4 heteroatoms. The maximum Gasteiger partial charge on any atom is 0.340 e. The summed E-state index contributed by atoms with van der Waals surface area (Å²) < 4.78 is 0. The Morgan fingerprint density at radius 2 is 2.23 bits per heavy atom. The number of nitrogens with zero attached hydrogens (tertiary/aromatic N) is 1. The predicted molar refractivity (Wildman–Crippen MR) is 49.4 cm³/mol. The van der Waals surface area contributed by atoms with E-state index < -0.39 is 0 Å². The molecular formula is C9H9N3O. The highest BCUT2D eigenvalue weighted by Gasteiger charge is 2.00. The van der Waals surface area contributed by atoms with E-state index in [1.165, 1.54) is 0 Å². The number of benzene rings is 1. The molecule has 2 N–H and O–H groups in total. The van der Waals surface area contributed by atoms with Gasteiger partial charge in [-0.25, -0.2) is 9.89 Å². The van der Waals surface area contributed by atoms with Crippen molar-refractivity contribution < 1.29 is 0 Å². The molecule has 4 nitrogen and oxygen atoms in total. The van der Waals surface area contributed by atoms with Crippen LogP contribution in [0.5, 0.6) is 0 Å². The summed E-state index contributed by atoms with van der Waals surface area (Å²) >= 11 is 0. The van der Waals surface area contributed by atoms with Gasteiger partial charge in [-0.2, -0.15) is 5.10 Å². The molecule has 0 bridgehead atoms. The van der Waals surface area contributed by atoms with Gasteiger partial charge in [0.2, 0.25) is 0 Å². The van der Waals surface area contributed by atoms with Crippen LogP contribution in [0.4, 0.5) is 0 Å². The lowest BCUT2D eigenvalue weighted by atomic mass is 10.1. The van der Waals surface area contributed by atoms with Crippen molar-refractivity contribution in [2.24, 2.45) is 0 Å². The van der Waals surface area contributed by atoms with Crippen molar-refractivity contribution in [1.29, 1.82) is 0 Å². The van der Waals surface area contributed by atoms with Crippen molar-refractivity contribution in [3.63, 3.8) is 0 Å². The monoisotopic (exact) mass is 175 g/mol. The van der Waals surface area contributed by atoms with Crippen molar-refractivity contribution in [3.8, 4) is 11.4 Å². The summed E-state index contributed by atoms with van der Waals surface area (Å²) in [7, 11) is 0. The number of rotatable bonds is 1. The summed E-state index contributed by atoms with van der Waals surface area (Å²) in [5, 5.41) is 6.16. The van der Waals surface area contributed by atoms with Gasteiger partial charge in [-0.3, -0.25) is 4.98 Å². The first-order chi connectivity index (χ1) is 6.25. The highest BCUT2D eigenvalue weighted by molar-refractivity contribution is 5.54. The fourth-order valence-corrected chi connectivity index (χ4v) is 1.20. The molecule has 1 aromatic carbocycles. The minimum absolute atomic E-state index is 0.281. The Balaban J connectivity index is 2.52.